The number of hydrogen-bond donors (Lipinski definition) is 2. The summed E-state index contributed by atoms with van der Waals surface area (Å²) in [6.45, 7) is 5.06. The first-order chi connectivity index (χ1) is 8.26. The Morgan fingerprint density at radius 2 is 2.28 bits per heavy atom. The second-order valence-electron chi connectivity index (χ2n) is 5.40. The van der Waals surface area contributed by atoms with Gasteiger partial charge in [-0.3, -0.25) is 4.79 Å². The maximum Gasteiger partial charge on any atom is 0.239 e. The van der Waals surface area contributed by atoms with E-state index in [0.717, 1.165) is 13.1 Å². The molecule has 1 unspecified atom stereocenters. The molecule has 0 aromatic heterocycles. The lowest BCUT2D eigenvalue weighted by molar-refractivity contribution is -0.126. The number of ether oxygens (including phenoxy) is 1. The Morgan fingerprint density at radius 1 is 1.50 bits per heavy atom. The number of nitrogens with one attached hydrogen (secondary N) is 2. The summed E-state index contributed by atoms with van der Waals surface area (Å²) in [6.07, 6.45) is 6.31. The van der Waals surface area contributed by atoms with Crippen molar-refractivity contribution in [3.8, 4) is 0 Å². The van der Waals surface area contributed by atoms with Crippen LogP contribution in [-0.2, 0) is 9.53 Å². The van der Waals surface area contributed by atoms with Crippen LogP contribution >= 0.6 is 12.4 Å². The number of morpholine rings is 1. The summed E-state index contributed by atoms with van der Waals surface area (Å²) in [6, 6.07) is -0.150. The van der Waals surface area contributed by atoms with Crippen LogP contribution in [0.4, 0.5) is 0 Å². The third-order valence-corrected chi connectivity index (χ3v) is 4.07. The van der Waals surface area contributed by atoms with Gasteiger partial charge in [-0.2, -0.15) is 0 Å². The topological polar surface area (TPSA) is 50.4 Å². The number of halogens is 1. The zero-order valence-corrected chi connectivity index (χ0v) is 12.0. The van der Waals surface area contributed by atoms with Crippen molar-refractivity contribution in [2.75, 3.05) is 26.3 Å². The van der Waals surface area contributed by atoms with Gasteiger partial charge in [-0.15, -0.1) is 12.4 Å². The largest absolute Gasteiger partial charge is 0.378 e. The highest BCUT2D eigenvalue weighted by atomic mass is 35.5. The molecule has 4 nitrogen and oxygen atoms in total. The Hall–Kier alpha value is -0.320. The van der Waals surface area contributed by atoms with E-state index in [1.807, 2.05) is 0 Å². The molecule has 2 aliphatic rings. The molecule has 1 atom stereocenters. The summed E-state index contributed by atoms with van der Waals surface area (Å²) in [5.74, 6) is 0.104. The van der Waals surface area contributed by atoms with Crippen LogP contribution in [0.5, 0.6) is 0 Å². The Labute approximate surface area is 116 Å². The third-order valence-electron chi connectivity index (χ3n) is 4.07. The summed E-state index contributed by atoms with van der Waals surface area (Å²) in [7, 11) is 0. The summed E-state index contributed by atoms with van der Waals surface area (Å²) >= 11 is 0. The molecule has 0 aromatic carbocycles. The van der Waals surface area contributed by atoms with Crippen molar-refractivity contribution < 1.29 is 9.53 Å². The monoisotopic (exact) mass is 276 g/mol. The molecule has 1 saturated heterocycles. The van der Waals surface area contributed by atoms with Gasteiger partial charge in [0, 0.05) is 13.1 Å². The van der Waals surface area contributed by atoms with Crippen LogP contribution in [0.15, 0.2) is 0 Å². The Morgan fingerprint density at radius 3 is 2.78 bits per heavy atom. The molecule has 1 heterocycles. The van der Waals surface area contributed by atoms with Gasteiger partial charge in [-0.25, -0.2) is 0 Å². The fourth-order valence-corrected chi connectivity index (χ4v) is 2.85. The molecule has 2 rings (SSSR count). The smallest absolute Gasteiger partial charge is 0.239 e. The molecule has 1 amide bonds. The minimum Gasteiger partial charge on any atom is -0.378 e. The van der Waals surface area contributed by atoms with Crippen molar-refractivity contribution >= 4 is 18.3 Å². The summed E-state index contributed by atoms with van der Waals surface area (Å²) in [5.41, 5.74) is 0.403. The minimum atomic E-state index is -0.150. The van der Waals surface area contributed by atoms with Crippen LogP contribution in [-0.4, -0.2) is 38.3 Å². The molecule has 2 N–H and O–H groups in total. The van der Waals surface area contributed by atoms with Gasteiger partial charge in [-0.1, -0.05) is 19.8 Å². The second-order valence-corrected chi connectivity index (χ2v) is 5.40. The van der Waals surface area contributed by atoms with E-state index >= 15 is 0 Å². The highest BCUT2D eigenvalue weighted by Crippen LogP contribution is 2.44. The number of amides is 1. The van der Waals surface area contributed by atoms with Gasteiger partial charge in [0.05, 0.1) is 13.2 Å². The third kappa shape index (κ3) is 3.84. The second kappa shape index (κ2) is 7.31. The maximum absolute atomic E-state index is 11.9. The summed E-state index contributed by atoms with van der Waals surface area (Å²) < 4.78 is 5.30. The van der Waals surface area contributed by atoms with E-state index in [4.69, 9.17) is 4.74 Å². The van der Waals surface area contributed by atoms with Crippen molar-refractivity contribution in [3.63, 3.8) is 0 Å². The van der Waals surface area contributed by atoms with Crippen molar-refractivity contribution in [1.29, 1.82) is 0 Å². The first-order valence-electron chi connectivity index (χ1n) is 6.85. The zero-order valence-electron chi connectivity index (χ0n) is 11.2. The normalized spacial score (nSPS) is 25.7. The predicted octanol–water partition coefficient (Wildman–Crippen LogP) is 1.48. The van der Waals surface area contributed by atoms with Crippen molar-refractivity contribution in [2.24, 2.45) is 5.41 Å². The Kier molecular flexibility index (Phi) is 6.39. The maximum atomic E-state index is 11.9. The van der Waals surface area contributed by atoms with Crippen LogP contribution in [0.1, 0.15) is 39.0 Å². The number of hydrogen-bond acceptors (Lipinski definition) is 3. The molecule has 1 aliphatic heterocycles. The summed E-state index contributed by atoms with van der Waals surface area (Å²) in [4.78, 5) is 11.9. The van der Waals surface area contributed by atoms with E-state index in [2.05, 4.69) is 17.6 Å². The van der Waals surface area contributed by atoms with Crippen molar-refractivity contribution in [1.82, 2.24) is 10.6 Å². The van der Waals surface area contributed by atoms with E-state index in [9.17, 15) is 4.79 Å². The van der Waals surface area contributed by atoms with Crippen LogP contribution in [0.25, 0.3) is 0 Å². The summed E-state index contributed by atoms with van der Waals surface area (Å²) in [5, 5.41) is 6.28. The van der Waals surface area contributed by atoms with Crippen molar-refractivity contribution in [3.05, 3.63) is 0 Å². The molecule has 0 aromatic rings. The van der Waals surface area contributed by atoms with Crippen LogP contribution < -0.4 is 10.6 Å². The molecule has 5 heteroatoms. The molecule has 0 radical (unpaired) electrons. The van der Waals surface area contributed by atoms with E-state index < -0.39 is 0 Å². The molecule has 1 aliphatic carbocycles. The van der Waals surface area contributed by atoms with Gasteiger partial charge in [0.1, 0.15) is 6.04 Å². The first-order valence-corrected chi connectivity index (χ1v) is 6.85. The van der Waals surface area contributed by atoms with Crippen molar-refractivity contribution in [2.45, 2.75) is 45.1 Å². The molecule has 106 valence electrons. The number of rotatable bonds is 5. The van der Waals surface area contributed by atoms with Gasteiger partial charge in [0.15, 0.2) is 0 Å². The lowest BCUT2D eigenvalue weighted by Gasteiger charge is -2.42. The highest BCUT2D eigenvalue weighted by Gasteiger charge is 2.36. The van der Waals surface area contributed by atoms with Crippen LogP contribution in [0.2, 0.25) is 0 Å². The average molecular weight is 277 g/mol. The molecule has 2 fully saturated rings. The van der Waals surface area contributed by atoms with Gasteiger partial charge < -0.3 is 15.4 Å². The molecule has 0 spiro atoms. The Bertz CT molecular complexity index is 264. The number of carbonyl (C=O) groups excluding carboxylic acids is 1. The molecule has 0 bridgehead atoms. The average Bonchev–Trinajstić information content (AvgIpc) is 2.33. The van der Waals surface area contributed by atoms with E-state index in [0.29, 0.717) is 18.6 Å². The lowest BCUT2D eigenvalue weighted by atomic mass is 9.66. The molecule has 18 heavy (non-hydrogen) atoms. The minimum absolute atomic E-state index is 0. The fourth-order valence-electron chi connectivity index (χ4n) is 2.85. The quantitative estimate of drug-likeness (QED) is 0.800. The predicted molar refractivity (Wildman–Crippen MR) is 74.1 cm³/mol. The highest BCUT2D eigenvalue weighted by molar-refractivity contribution is 5.85. The van der Waals surface area contributed by atoms with Crippen LogP contribution in [0.3, 0.4) is 0 Å². The SMILES string of the molecule is CCCC1(CNC(=O)C2COCCN2)CCC1.Cl. The van der Waals surface area contributed by atoms with Gasteiger partial charge >= 0.3 is 0 Å². The van der Waals surface area contributed by atoms with Gasteiger partial charge in [-0.05, 0) is 24.7 Å². The zero-order chi connectivity index (χ0) is 12.1. The van der Waals surface area contributed by atoms with Crippen LogP contribution in [0, 0.1) is 5.41 Å². The number of carbonyl (C=O) groups is 1. The molecular weight excluding hydrogens is 252 g/mol. The first kappa shape index (κ1) is 15.7. The molecule has 1 saturated carbocycles. The van der Waals surface area contributed by atoms with Gasteiger partial charge in [0.25, 0.3) is 0 Å². The fraction of sp³-hybridized carbons (Fsp3) is 0.923. The standard InChI is InChI=1S/C13H24N2O2.ClH/c1-2-4-13(5-3-6-13)10-15-12(16)11-9-17-8-7-14-11;/h11,14H,2-10H2,1H3,(H,15,16);1H. The lowest BCUT2D eigenvalue weighted by Crippen LogP contribution is -2.53. The van der Waals surface area contributed by atoms with E-state index in [1.165, 1.54) is 32.1 Å². The van der Waals surface area contributed by atoms with E-state index in [-0.39, 0.29) is 24.4 Å². The Balaban J connectivity index is 0.00000162. The molecular formula is C13H25ClN2O2. The van der Waals surface area contributed by atoms with Gasteiger partial charge in [0.2, 0.25) is 5.91 Å². The van der Waals surface area contributed by atoms with E-state index in [1.54, 1.807) is 0 Å².